The first-order valence-electron chi connectivity index (χ1n) is 6.63. The van der Waals surface area contributed by atoms with E-state index < -0.39 is 0 Å². The molecule has 2 aliphatic rings. The van der Waals surface area contributed by atoms with Crippen LogP contribution in [-0.4, -0.2) is 30.8 Å². The van der Waals surface area contributed by atoms with Crippen LogP contribution < -0.4 is 14.8 Å². The Balaban J connectivity index is 1.58. The van der Waals surface area contributed by atoms with Gasteiger partial charge in [0.2, 0.25) is 0 Å². The average Bonchev–Trinajstić information content (AvgIpc) is 2.92. The monoisotopic (exact) mass is 265 g/mol. The Hall–Kier alpha value is -0.870. The van der Waals surface area contributed by atoms with E-state index in [9.17, 15) is 0 Å². The van der Waals surface area contributed by atoms with Crippen LogP contribution in [0.25, 0.3) is 0 Å². The van der Waals surface area contributed by atoms with Gasteiger partial charge < -0.3 is 14.8 Å². The van der Waals surface area contributed by atoms with Crippen molar-refractivity contribution in [3.8, 4) is 11.5 Å². The van der Waals surface area contributed by atoms with Crippen LogP contribution in [0.4, 0.5) is 0 Å². The second-order valence-electron chi connectivity index (χ2n) is 4.71. The molecule has 2 aliphatic heterocycles. The average molecular weight is 265 g/mol. The van der Waals surface area contributed by atoms with Crippen LogP contribution in [0.1, 0.15) is 18.4 Å². The number of fused-ring (bicyclic) bond motifs is 1. The summed E-state index contributed by atoms with van der Waals surface area (Å²) in [4.78, 5) is 0. The summed E-state index contributed by atoms with van der Waals surface area (Å²) in [6.45, 7) is 3.27. The van der Waals surface area contributed by atoms with E-state index in [0.717, 1.165) is 29.8 Å². The fraction of sp³-hybridized carbons (Fsp3) is 0.571. The smallest absolute Gasteiger partial charge is 0.165 e. The number of rotatable bonds is 4. The minimum absolute atomic E-state index is 0.655. The predicted molar refractivity (Wildman–Crippen MR) is 74.6 cm³/mol. The third-order valence-electron chi connectivity index (χ3n) is 3.36. The molecule has 98 valence electrons. The number of para-hydroxylation sites is 1. The van der Waals surface area contributed by atoms with Gasteiger partial charge in [-0.25, -0.2) is 0 Å². The van der Waals surface area contributed by atoms with Gasteiger partial charge in [0, 0.05) is 23.9 Å². The lowest BCUT2D eigenvalue weighted by atomic mass is 10.1. The molecule has 1 unspecified atom stereocenters. The summed E-state index contributed by atoms with van der Waals surface area (Å²) in [5.41, 5.74) is 1.20. The number of ether oxygens (including phenoxy) is 2. The van der Waals surface area contributed by atoms with Crippen LogP contribution in [0.5, 0.6) is 11.5 Å². The zero-order chi connectivity index (χ0) is 12.2. The molecule has 0 amide bonds. The summed E-state index contributed by atoms with van der Waals surface area (Å²) in [7, 11) is 0. The maximum atomic E-state index is 5.71. The quantitative estimate of drug-likeness (QED) is 0.906. The maximum Gasteiger partial charge on any atom is 0.165 e. The van der Waals surface area contributed by atoms with E-state index in [1.165, 1.54) is 24.2 Å². The van der Waals surface area contributed by atoms with Crippen molar-refractivity contribution in [3.05, 3.63) is 23.8 Å². The summed E-state index contributed by atoms with van der Waals surface area (Å²) in [6.07, 6.45) is 2.72. The molecule has 0 radical (unpaired) electrons. The van der Waals surface area contributed by atoms with Crippen molar-refractivity contribution >= 4 is 11.8 Å². The van der Waals surface area contributed by atoms with Crippen molar-refractivity contribution in [2.24, 2.45) is 0 Å². The third-order valence-corrected chi connectivity index (χ3v) is 4.76. The van der Waals surface area contributed by atoms with Crippen LogP contribution in [-0.2, 0) is 6.54 Å². The van der Waals surface area contributed by atoms with Crippen LogP contribution >= 0.6 is 11.8 Å². The minimum atomic E-state index is 0.655. The van der Waals surface area contributed by atoms with Crippen molar-refractivity contribution in [2.75, 3.05) is 25.5 Å². The van der Waals surface area contributed by atoms with Gasteiger partial charge in [-0.15, -0.1) is 0 Å². The zero-order valence-corrected chi connectivity index (χ0v) is 11.3. The van der Waals surface area contributed by atoms with Crippen molar-refractivity contribution in [2.45, 2.75) is 24.6 Å². The second kappa shape index (κ2) is 5.85. The van der Waals surface area contributed by atoms with Gasteiger partial charge in [-0.05, 0) is 24.7 Å². The van der Waals surface area contributed by atoms with Gasteiger partial charge in [0.1, 0.15) is 13.2 Å². The highest BCUT2D eigenvalue weighted by Gasteiger charge is 2.17. The largest absolute Gasteiger partial charge is 0.486 e. The molecule has 2 heterocycles. The third kappa shape index (κ3) is 2.75. The minimum Gasteiger partial charge on any atom is -0.486 e. The molecule has 1 atom stereocenters. The van der Waals surface area contributed by atoms with Crippen LogP contribution in [0, 0.1) is 0 Å². The van der Waals surface area contributed by atoms with Crippen molar-refractivity contribution in [1.82, 2.24) is 5.32 Å². The number of nitrogens with one attached hydrogen (secondary N) is 1. The normalized spacial score (nSPS) is 22.1. The fourth-order valence-electron chi connectivity index (χ4n) is 2.45. The number of hydrogen-bond acceptors (Lipinski definition) is 4. The summed E-state index contributed by atoms with van der Waals surface area (Å²) < 4.78 is 11.3. The standard InChI is InChI=1S/C14H19NO2S/c1-3-11(9-15-10-12-4-2-8-18-12)14-13(5-1)16-6-7-17-14/h1,3,5,12,15H,2,4,6-10H2. The Labute approximate surface area is 112 Å². The van der Waals surface area contributed by atoms with E-state index >= 15 is 0 Å². The van der Waals surface area contributed by atoms with Gasteiger partial charge in [-0.3, -0.25) is 0 Å². The molecule has 3 rings (SSSR count). The highest BCUT2D eigenvalue weighted by molar-refractivity contribution is 8.00. The first-order chi connectivity index (χ1) is 8.93. The molecule has 0 saturated carbocycles. The molecular weight excluding hydrogens is 246 g/mol. The number of benzene rings is 1. The van der Waals surface area contributed by atoms with E-state index in [4.69, 9.17) is 9.47 Å². The highest BCUT2D eigenvalue weighted by Crippen LogP contribution is 2.33. The Kier molecular flexibility index (Phi) is 3.96. The lowest BCUT2D eigenvalue weighted by Crippen LogP contribution is -2.24. The van der Waals surface area contributed by atoms with Crippen molar-refractivity contribution < 1.29 is 9.47 Å². The molecule has 0 aliphatic carbocycles. The van der Waals surface area contributed by atoms with E-state index in [0.29, 0.717) is 13.2 Å². The molecule has 3 nitrogen and oxygen atoms in total. The molecule has 0 spiro atoms. The molecule has 1 saturated heterocycles. The maximum absolute atomic E-state index is 5.71. The molecule has 1 N–H and O–H groups in total. The first-order valence-corrected chi connectivity index (χ1v) is 7.68. The molecule has 0 aromatic heterocycles. The lowest BCUT2D eigenvalue weighted by molar-refractivity contribution is 0.169. The van der Waals surface area contributed by atoms with Crippen LogP contribution in [0.3, 0.4) is 0 Å². The molecular formula is C14H19NO2S. The second-order valence-corrected chi connectivity index (χ2v) is 6.12. The molecule has 1 aromatic carbocycles. The molecule has 4 heteroatoms. The summed E-state index contributed by atoms with van der Waals surface area (Å²) in [6, 6.07) is 6.13. The van der Waals surface area contributed by atoms with Gasteiger partial charge in [0.25, 0.3) is 0 Å². The van der Waals surface area contributed by atoms with Gasteiger partial charge in [0.15, 0.2) is 11.5 Å². The summed E-state index contributed by atoms with van der Waals surface area (Å²) in [5.74, 6) is 3.13. The summed E-state index contributed by atoms with van der Waals surface area (Å²) in [5, 5.41) is 4.33. The fourth-order valence-corrected chi connectivity index (χ4v) is 3.68. The Morgan fingerprint density at radius 3 is 3.11 bits per heavy atom. The van der Waals surface area contributed by atoms with E-state index in [-0.39, 0.29) is 0 Å². The van der Waals surface area contributed by atoms with E-state index in [2.05, 4.69) is 23.1 Å². The highest BCUT2D eigenvalue weighted by atomic mass is 32.2. The van der Waals surface area contributed by atoms with Gasteiger partial charge in [-0.1, -0.05) is 12.1 Å². The van der Waals surface area contributed by atoms with Crippen molar-refractivity contribution in [1.29, 1.82) is 0 Å². The van der Waals surface area contributed by atoms with Crippen LogP contribution in [0.15, 0.2) is 18.2 Å². The van der Waals surface area contributed by atoms with Gasteiger partial charge >= 0.3 is 0 Å². The SMILES string of the molecule is c1cc(CNCC2CCCS2)c2c(c1)OCCO2. The number of thioether (sulfide) groups is 1. The Morgan fingerprint density at radius 2 is 2.22 bits per heavy atom. The van der Waals surface area contributed by atoms with Gasteiger partial charge in [0.05, 0.1) is 0 Å². The summed E-state index contributed by atoms with van der Waals surface area (Å²) >= 11 is 2.09. The van der Waals surface area contributed by atoms with Gasteiger partial charge in [-0.2, -0.15) is 11.8 Å². The predicted octanol–water partition coefficient (Wildman–Crippen LogP) is 2.44. The molecule has 1 aromatic rings. The van der Waals surface area contributed by atoms with E-state index in [1.54, 1.807) is 0 Å². The van der Waals surface area contributed by atoms with Crippen molar-refractivity contribution in [3.63, 3.8) is 0 Å². The van der Waals surface area contributed by atoms with Crippen LogP contribution in [0.2, 0.25) is 0 Å². The molecule has 0 bridgehead atoms. The van der Waals surface area contributed by atoms with E-state index in [1.807, 2.05) is 12.1 Å². The number of hydrogen-bond donors (Lipinski definition) is 1. The molecule has 18 heavy (non-hydrogen) atoms. The molecule has 1 fully saturated rings. The zero-order valence-electron chi connectivity index (χ0n) is 10.5. The Morgan fingerprint density at radius 1 is 1.28 bits per heavy atom. The first kappa shape index (κ1) is 12.2. The topological polar surface area (TPSA) is 30.5 Å². The lowest BCUT2D eigenvalue weighted by Gasteiger charge is -2.21. The Bertz CT molecular complexity index is 405.